The fourth-order valence-electron chi connectivity index (χ4n) is 3.24. The second kappa shape index (κ2) is 9.22. The van der Waals surface area contributed by atoms with Gasteiger partial charge < -0.3 is 10.1 Å². The quantitative estimate of drug-likeness (QED) is 0.588. The van der Waals surface area contributed by atoms with E-state index in [0.717, 1.165) is 16.7 Å². The topological polar surface area (TPSA) is 75.7 Å². The van der Waals surface area contributed by atoms with E-state index >= 15 is 0 Å². The average Bonchev–Trinajstić information content (AvgIpc) is 2.72. The Morgan fingerprint density at radius 2 is 1.68 bits per heavy atom. The molecule has 0 aromatic heterocycles. The summed E-state index contributed by atoms with van der Waals surface area (Å²) in [5.41, 5.74) is 4.41. The predicted molar refractivity (Wildman–Crippen MR) is 124 cm³/mol. The zero-order valence-corrected chi connectivity index (χ0v) is 18.9. The lowest BCUT2D eigenvalue weighted by molar-refractivity contribution is 0.102. The van der Waals surface area contributed by atoms with E-state index in [-0.39, 0.29) is 12.5 Å². The fourth-order valence-corrected chi connectivity index (χ4v) is 4.11. The first-order valence-electron chi connectivity index (χ1n) is 9.77. The number of rotatable bonds is 7. The number of methoxy groups -OCH3 is 1. The number of nitrogens with zero attached hydrogens (tertiary/aromatic N) is 1. The minimum Gasteiger partial charge on any atom is -0.495 e. The van der Waals surface area contributed by atoms with Crippen molar-refractivity contribution < 1.29 is 17.9 Å². The van der Waals surface area contributed by atoms with Crippen molar-refractivity contribution >= 4 is 27.3 Å². The molecule has 0 atom stereocenters. The van der Waals surface area contributed by atoms with Crippen LogP contribution in [0.3, 0.4) is 0 Å². The Hall–Kier alpha value is -3.32. The van der Waals surface area contributed by atoms with Gasteiger partial charge in [-0.25, -0.2) is 8.42 Å². The van der Waals surface area contributed by atoms with E-state index in [9.17, 15) is 13.2 Å². The Bertz CT molecular complexity index is 1190. The van der Waals surface area contributed by atoms with Crippen LogP contribution in [0.2, 0.25) is 0 Å². The Balaban J connectivity index is 1.84. The third kappa shape index (κ3) is 5.44. The maximum Gasteiger partial charge on any atom is 0.255 e. The molecule has 0 saturated heterocycles. The third-order valence-corrected chi connectivity index (χ3v) is 6.14. The molecule has 0 fully saturated rings. The number of anilines is 2. The van der Waals surface area contributed by atoms with Crippen molar-refractivity contribution in [3.63, 3.8) is 0 Å². The smallest absolute Gasteiger partial charge is 0.255 e. The van der Waals surface area contributed by atoms with E-state index < -0.39 is 10.0 Å². The Morgan fingerprint density at radius 1 is 1.00 bits per heavy atom. The highest BCUT2D eigenvalue weighted by Crippen LogP contribution is 2.27. The monoisotopic (exact) mass is 438 g/mol. The second-order valence-corrected chi connectivity index (χ2v) is 9.31. The Morgan fingerprint density at radius 3 is 2.29 bits per heavy atom. The van der Waals surface area contributed by atoms with Crippen LogP contribution in [0.15, 0.2) is 66.7 Å². The van der Waals surface area contributed by atoms with Gasteiger partial charge >= 0.3 is 0 Å². The van der Waals surface area contributed by atoms with Crippen molar-refractivity contribution in [2.45, 2.75) is 20.4 Å². The normalized spacial score (nSPS) is 11.1. The summed E-state index contributed by atoms with van der Waals surface area (Å²) in [7, 11) is -1.97. The largest absolute Gasteiger partial charge is 0.495 e. The van der Waals surface area contributed by atoms with Crippen molar-refractivity contribution in [3.05, 3.63) is 89.0 Å². The fraction of sp³-hybridized carbons (Fsp3) is 0.208. The molecule has 0 radical (unpaired) electrons. The van der Waals surface area contributed by atoms with Gasteiger partial charge in [-0.2, -0.15) is 0 Å². The first-order chi connectivity index (χ1) is 14.7. The number of hydrogen-bond acceptors (Lipinski definition) is 4. The van der Waals surface area contributed by atoms with E-state index in [1.807, 2.05) is 50.2 Å². The molecule has 0 bridgehead atoms. The number of benzene rings is 3. The van der Waals surface area contributed by atoms with Crippen LogP contribution in [0, 0.1) is 13.8 Å². The van der Waals surface area contributed by atoms with Crippen molar-refractivity contribution in [2.75, 3.05) is 23.0 Å². The summed E-state index contributed by atoms with van der Waals surface area (Å²) in [5.74, 6) is 0.261. The highest BCUT2D eigenvalue weighted by molar-refractivity contribution is 7.92. The van der Waals surface area contributed by atoms with Gasteiger partial charge in [0.2, 0.25) is 10.0 Å². The predicted octanol–water partition coefficient (Wildman–Crippen LogP) is 4.53. The molecule has 0 heterocycles. The molecule has 0 spiro atoms. The molecular weight excluding hydrogens is 412 g/mol. The van der Waals surface area contributed by atoms with E-state index in [1.54, 1.807) is 37.4 Å². The number of carbonyl (C=O) groups is 1. The van der Waals surface area contributed by atoms with Crippen LogP contribution in [0.25, 0.3) is 0 Å². The van der Waals surface area contributed by atoms with Crippen LogP contribution in [-0.2, 0) is 16.6 Å². The maximum absolute atomic E-state index is 12.7. The zero-order chi connectivity index (χ0) is 22.6. The lowest BCUT2D eigenvalue weighted by atomic mass is 10.1. The summed E-state index contributed by atoms with van der Waals surface area (Å²) in [5, 5.41) is 2.85. The molecule has 7 heteroatoms. The highest BCUT2D eigenvalue weighted by Gasteiger charge is 2.19. The average molecular weight is 439 g/mol. The molecule has 3 aromatic carbocycles. The number of sulfonamides is 1. The summed E-state index contributed by atoms with van der Waals surface area (Å²) in [6, 6.07) is 19.7. The molecule has 162 valence electrons. The van der Waals surface area contributed by atoms with Crippen LogP contribution in [0.1, 0.15) is 27.0 Å². The van der Waals surface area contributed by atoms with Gasteiger partial charge in [0.25, 0.3) is 5.91 Å². The lowest BCUT2D eigenvalue weighted by Crippen LogP contribution is -2.29. The number of carbonyl (C=O) groups excluding carboxylic acids is 1. The van der Waals surface area contributed by atoms with Gasteiger partial charge in [-0.05, 0) is 66.9 Å². The molecule has 1 N–H and O–H groups in total. The van der Waals surface area contributed by atoms with Gasteiger partial charge in [-0.15, -0.1) is 0 Å². The zero-order valence-electron chi connectivity index (χ0n) is 18.0. The van der Waals surface area contributed by atoms with Crippen molar-refractivity contribution in [3.8, 4) is 5.75 Å². The summed E-state index contributed by atoms with van der Waals surface area (Å²) >= 11 is 0. The first kappa shape index (κ1) is 22.4. The van der Waals surface area contributed by atoms with Crippen molar-refractivity contribution in [1.82, 2.24) is 0 Å². The third-order valence-electron chi connectivity index (χ3n) is 5.00. The number of amides is 1. The molecule has 3 rings (SSSR count). The molecular formula is C24H26N2O4S. The highest BCUT2D eigenvalue weighted by atomic mass is 32.2. The maximum atomic E-state index is 12.7. The second-order valence-electron chi connectivity index (χ2n) is 7.40. The first-order valence-corrected chi connectivity index (χ1v) is 11.6. The molecule has 0 aliphatic rings. The van der Waals surface area contributed by atoms with Crippen LogP contribution in [0.4, 0.5) is 11.4 Å². The minimum absolute atomic E-state index is 0.220. The van der Waals surface area contributed by atoms with E-state index in [0.29, 0.717) is 22.7 Å². The standard InChI is InChI=1S/C24H26N2O4S/c1-17-9-14-23(30-3)22(15-17)25-24(27)19-10-12-21(13-11-19)26(31(4,28)29)16-20-8-6-5-7-18(20)2/h5-15H,16H2,1-4H3,(H,25,27). The van der Waals surface area contributed by atoms with E-state index in [2.05, 4.69) is 5.32 Å². The van der Waals surface area contributed by atoms with Crippen LogP contribution in [0.5, 0.6) is 5.75 Å². The number of hydrogen-bond donors (Lipinski definition) is 1. The lowest BCUT2D eigenvalue weighted by Gasteiger charge is -2.23. The number of aryl methyl sites for hydroxylation is 2. The molecule has 31 heavy (non-hydrogen) atoms. The van der Waals surface area contributed by atoms with Gasteiger partial charge in [0.15, 0.2) is 0 Å². The molecule has 0 saturated carbocycles. The summed E-state index contributed by atoms with van der Waals surface area (Å²) in [6.45, 7) is 4.10. The van der Waals surface area contributed by atoms with Gasteiger partial charge in [0, 0.05) is 5.56 Å². The molecule has 3 aromatic rings. The van der Waals surface area contributed by atoms with Crippen LogP contribution < -0.4 is 14.4 Å². The Labute approximate surface area is 183 Å². The number of ether oxygens (including phenoxy) is 1. The van der Waals surface area contributed by atoms with Gasteiger partial charge in [-0.3, -0.25) is 9.10 Å². The van der Waals surface area contributed by atoms with E-state index in [4.69, 9.17) is 4.74 Å². The van der Waals surface area contributed by atoms with Crippen molar-refractivity contribution in [1.29, 1.82) is 0 Å². The summed E-state index contributed by atoms with van der Waals surface area (Å²) in [4.78, 5) is 12.7. The summed E-state index contributed by atoms with van der Waals surface area (Å²) < 4.78 is 31.5. The number of nitrogens with one attached hydrogen (secondary N) is 1. The van der Waals surface area contributed by atoms with Gasteiger partial charge in [-0.1, -0.05) is 30.3 Å². The van der Waals surface area contributed by atoms with Gasteiger partial charge in [0.05, 0.1) is 31.3 Å². The van der Waals surface area contributed by atoms with Crippen LogP contribution in [-0.4, -0.2) is 27.7 Å². The molecule has 6 nitrogen and oxygen atoms in total. The van der Waals surface area contributed by atoms with Crippen LogP contribution >= 0.6 is 0 Å². The molecule has 0 aliphatic carbocycles. The van der Waals surface area contributed by atoms with Gasteiger partial charge in [0.1, 0.15) is 5.75 Å². The molecule has 0 aliphatic heterocycles. The SMILES string of the molecule is COc1ccc(C)cc1NC(=O)c1ccc(N(Cc2ccccc2C)S(C)(=O)=O)cc1. The molecule has 0 unspecified atom stereocenters. The summed E-state index contributed by atoms with van der Waals surface area (Å²) in [6.07, 6.45) is 1.18. The van der Waals surface area contributed by atoms with E-state index in [1.165, 1.54) is 10.6 Å². The Kier molecular flexibility index (Phi) is 6.65. The molecule has 1 amide bonds. The van der Waals surface area contributed by atoms with Crippen molar-refractivity contribution in [2.24, 2.45) is 0 Å². The minimum atomic E-state index is -3.51.